The highest BCUT2D eigenvalue weighted by atomic mass is 19.1. The third kappa shape index (κ3) is 5.80. The molecule has 0 saturated carbocycles. The summed E-state index contributed by atoms with van der Waals surface area (Å²) in [6, 6.07) is 0. The molecule has 98 valence electrons. The van der Waals surface area contributed by atoms with Crippen molar-refractivity contribution in [2.75, 3.05) is 13.2 Å². The second-order valence-corrected chi connectivity index (χ2v) is 4.20. The molecule has 1 unspecified atom stereocenters. The van der Waals surface area contributed by atoms with Crippen LogP contribution >= 0.6 is 0 Å². The van der Waals surface area contributed by atoms with E-state index < -0.39 is 12.0 Å². The Morgan fingerprint density at radius 1 is 1.00 bits per heavy atom. The van der Waals surface area contributed by atoms with Crippen LogP contribution in [0.3, 0.4) is 0 Å². The summed E-state index contributed by atoms with van der Waals surface area (Å²) in [4.78, 5) is 0. The average molecular weight is 234 g/mol. The van der Waals surface area contributed by atoms with Crippen LogP contribution in [0.5, 0.6) is 0 Å². The lowest BCUT2D eigenvalue weighted by molar-refractivity contribution is -0.255. The van der Waals surface area contributed by atoms with Crippen molar-refractivity contribution in [1.82, 2.24) is 0 Å². The Balaban J connectivity index is 4.00. The molecule has 0 aromatic heterocycles. The molecule has 0 N–H and O–H groups in total. The molecule has 0 aliphatic heterocycles. The molecular weight excluding hydrogens is 207 g/mol. The monoisotopic (exact) mass is 234 g/mol. The van der Waals surface area contributed by atoms with Gasteiger partial charge in [-0.25, -0.2) is 4.39 Å². The zero-order valence-electron chi connectivity index (χ0n) is 11.2. The first kappa shape index (κ1) is 15.9. The van der Waals surface area contributed by atoms with Crippen molar-refractivity contribution >= 4 is 0 Å². The van der Waals surface area contributed by atoms with Crippen molar-refractivity contribution in [1.29, 1.82) is 0 Å². The molecule has 0 aromatic rings. The fraction of sp³-hybridized carbons (Fsp3) is 1.00. The zero-order valence-corrected chi connectivity index (χ0v) is 11.2. The number of unbranched alkanes of at least 4 members (excludes halogenated alkanes) is 3. The van der Waals surface area contributed by atoms with Gasteiger partial charge in [0.1, 0.15) is 0 Å². The van der Waals surface area contributed by atoms with E-state index in [4.69, 9.17) is 9.47 Å². The van der Waals surface area contributed by atoms with Gasteiger partial charge in [-0.05, 0) is 27.2 Å². The van der Waals surface area contributed by atoms with Gasteiger partial charge in [-0.1, -0.05) is 32.6 Å². The molecule has 0 rings (SSSR count). The van der Waals surface area contributed by atoms with E-state index >= 15 is 0 Å². The van der Waals surface area contributed by atoms with Gasteiger partial charge >= 0.3 is 0 Å². The average Bonchev–Trinajstić information content (AvgIpc) is 2.24. The minimum Gasteiger partial charge on any atom is -0.348 e. The van der Waals surface area contributed by atoms with Crippen molar-refractivity contribution in [3.05, 3.63) is 0 Å². The summed E-state index contributed by atoms with van der Waals surface area (Å²) < 4.78 is 24.8. The summed E-state index contributed by atoms with van der Waals surface area (Å²) in [6.45, 7) is 8.53. The smallest absolute Gasteiger partial charge is 0.196 e. The van der Waals surface area contributed by atoms with Crippen molar-refractivity contribution in [2.24, 2.45) is 0 Å². The van der Waals surface area contributed by atoms with Crippen LogP contribution in [0.25, 0.3) is 0 Å². The molecule has 0 amide bonds. The van der Waals surface area contributed by atoms with Crippen LogP contribution in [0, 0.1) is 0 Å². The van der Waals surface area contributed by atoms with Gasteiger partial charge in [0, 0.05) is 13.2 Å². The summed E-state index contributed by atoms with van der Waals surface area (Å²) in [5.74, 6) is -1.06. The maximum atomic E-state index is 14.0. The molecule has 0 aliphatic carbocycles. The SMILES string of the molecule is CCCCCCC(F)C(C)(OCC)OCC. The number of rotatable bonds is 10. The van der Waals surface area contributed by atoms with E-state index in [1.54, 1.807) is 6.92 Å². The first-order valence-electron chi connectivity index (χ1n) is 6.52. The Kier molecular flexibility index (Phi) is 8.86. The molecule has 3 heteroatoms. The van der Waals surface area contributed by atoms with Gasteiger partial charge < -0.3 is 9.47 Å². The minimum atomic E-state index is -1.06. The molecule has 0 bridgehead atoms. The summed E-state index contributed by atoms with van der Waals surface area (Å²) in [5.41, 5.74) is 0. The first-order valence-corrected chi connectivity index (χ1v) is 6.52. The number of ether oxygens (including phenoxy) is 2. The Morgan fingerprint density at radius 2 is 1.56 bits per heavy atom. The van der Waals surface area contributed by atoms with Gasteiger partial charge in [-0.15, -0.1) is 0 Å². The molecule has 1 atom stereocenters. The second kappa shape index (κ2) is 8.94. The Labute approximate surface area is 99.5 Å². The zero-order chi connectivity index (χ0) is 12.4. The van der Waals surface area contributed by atoms with Crippen LogP contribution in [0.2, 0.25) is 0 Å². The number of alkyl halides is 1. The largest absolute Gasteiger partial charge is 0.348 e. The number of hydrogen-bond acceptors (Lipinski definition) is 2. The van der Waals surface area contributed by atoms with Crippen LogP contribution in [-0.2, 0) is 9.47 Å². The third-order valence-corrected chi connectivity index (χ3v) is 2.74. The Bertz CT molecular complexity index is 156. The van der Waals surface area contributed by atoms with E-state index in [0.29, 0.717) is 19.6 Å². The van der Waals surface area contributed by atoms with Gasteiger partial charge in [0.05, 0.1) is 0 Å². The molecular formula is C13H27FO2. The summed E-state index contributed by atoms with van der Waals surface area (Å²) in [5, 5.41) is 0. The standard InChI is InChI=1S/C13H27FO2/c1-5-8-9-10-11-12(14)13(4,15-6-2)16-7-3/h12H,5-11H2,1-4H3. The van der Waals surface area contributed by atoms with E-state index in [2.05, 4.69) is 6.92 Å². The van der Waals surface area contributed by atoms with E-state index in [0.717, 1.165) is 12.8 Å². The fourth-order valence-electron chi connectivity index (χ4n) is 1.81. The highest BCUT2D eigenvalue weighted by Crippen LogP contribution is 2.25. The van der Waals surface area contributed by atoms with Crippen molar-refractivity contribution in [3.63, 3.8) is 0 Å². The van der Waals surface area contributed by atoms with Gasteiger partial charge in [-0.2, -0.15) is 0 Å². The van der Waals surface area contributed by atoms with Gasteiger partial charge in [0.15, 0.2) is 12.0 Å². The predicted octanol–water partition coefficient (Wildman–Crippen LogP) is 4.08. The fourth-order valence-corrected chi connectivity index (χ4v) is 1.81. The van der Waals surface area contributed by atoms with Crippen molar-refractivity contribution in [3.8, 4) is 0 Å². The predicted molar refractivity (Wildman–Crippen MR) is 65.3 cm³/mol. The maximum absolute atomic E-state index is 14.0. The highest BCUT2D eigenvalue weighted by Gasteiger charge is 2.35. The normalized spacial score (nSPS) is 14.1. The van der Waals surface area contributed by atoms with Crippen LogP contribution in [0.15, 0.2) is 0 Å². The third-order valence-electron chi connectivity index (χ3n) is 2.74. The minimum absolute atomic E-state index is 0.478. The quantitative estimate of drug-likeness (QED) is 0.419. The van der Waals surface area contributed by atoms with Crippen LogP contribution in [-0.4, -0.2) is 25.2 Å². The molecule has 0 saturated heterocycles. The van der Waals surface area contributed by atoms with Gasteiger partial charge in [-0.3, -0.25) is 0 Å². The lowest BCUT2D eigenvalue weighted by Crippen LogP contribution is -2.42. The van der Waals surface area contributed by atoms with E-state index in [-0.39, 0.29) is 0 Å². The highest BCUT2D eigenvalue weighted by molar-refractivity contribution is 4.75. The molecule has 0 aromatic carbocycles. The van der Waals surface area contributed by atoms with E-state index in [1.165, 1.54) is 12.8 Å². The molecule has 0 heterocycles. The Morgan fingerprint density at radius 3 is 2.00 bits per heavy atom. The molecule has 2 nitrogen and oxygen atoms in total. The lowest BCUT2D eigenvalue weighted by atomic mass is 10.0. The summed E-state index contributed by atoms with van der Waals surface area (Å²) in [7, 11) is 0. The van der Waals surface area contributed by atoms with Crippen LogP contribution in [0.4, 0.5) is 4.39 Å². The second-order valence-electron chi connectivity index (χ2n) is 4.20. The first-order chi connectivity index (χ1) is 7.60. The van der Waals surface area contributed by atoms with E-state index in [1.807, 2.05) is 13.8 Å². The lowest BCUT2D eigenvalue weighted by Gasteiger charge is -2.32. The van der Waals surface area contributed by atoms with Crippen LogP contribution in [0.1, 0.15) is 59.8 Å². The topological polar surface area (TPSA) is 18.5 Å². The summed E-state index contributed by atoms with van der Waals surface area (Å²) in [6.07, 6.45) is 3.83. The van der Waals surface area contributed by atoms with Gasteiger partial charge in [0.25, 0.3) is 0 Å². The van der Waals surface area contributed by atoms with Crippen LogP contribution < -0.4 is 0 Å². The maximum Gasteiger partial charge on any atom is 0.196 e. The number of hydrogen-bond donors (Lipinski definition) is 0. The molecule has 16 heavy (non-hydrogen) atoms. The summed E-state index contributed by atoms with van der Waals surface area (Å²) >= 11 is 0. The van der Waals surface area contributed by atoms with Crippen molar-refractivity contribution < 1.29 is 13.9 Å². The molecule has 0 radical (unpaired) electrons. The van der Waals surface area contributed by atoms with Crippen molar-refractivity contribution in [2.45, 2.75) is 71.8 Å². The Hall–Kier alpha value is -0.150. The molecule has 0 aliphatic rings. The van der Waals surface area contributed by atoms with E-state index in [9.17, 15) is 4.39 Å². The molecule has 0 spiro atoms. The molecule has 0 fully saturated rings. The van der Waals surface area contributed by atoms with Gasteiger partial charge in [0.2, 0.25) is 0 Å². The number of halogens is 1.